The molecule has 0 saturated carbocycles. The Morgan fingerprint density at radius 3 is 2.52 bits per heavy atom. The Kier molecular flexibility index (Phi) is 4.39. The van der Waals surface area contributed by atoms with Gasteiger partial charge in [-0.1, -0.05) is 12.1 Å². The maximum atomic E-state index is 13.9. The number of likely N-dealkylation sites (N-methyl/N-ethyl adjacent to an activating group) is 1. The number of benzene rings is 2. The second kappa shape index (κ2) is 6.51. The summed E-state index contributed by atoms with van der Waals surface area (Å²) in [4.78, 5) is 25.9. The molecule has 0 radical (unpaired) electrons. The SMILES string of the molecule is CN1C(=O)C[C@H](NC(=O)c2ccc(O)cc2F)[C@H]1c1ccc(F)cc1. The van der Waals surface area contributed by atoms with Gasteiger partial charge in [0.25, 0.3) is 5.91 Å². The van der Waals surface area contributed by atoms with Crippen molar-refractivity contribution >= 4 is 11.8 Å². The summed E-state index contributed by atoms with van der Waals surface area (Å²) in [6, 6.07) is 7.84. The van der Waals surface area contributed by atoms with Gasteiger partial charge < -0.3 is 15.3 Å². The van der Waals surface area contributed by atoms with Crippen molar-refractivity contribution in [2.45, 2.75) is 18.5 Å². The quantitative estimate of drug-likeness (QED) is 0.896. The summed E-state index contributed by atoms with van der Waals surface area (Å²) < 4.78 is 27.0. The van der Waals surface area contributed by atoms with Crippen LogP contribution >= 0.6 is 0 Å². The van der Waals surface area contributed by atoms with Crippen molar-refractivity contribution < 1.29 is 23.5 Å². The predicted molar refractivity (Wildman–Crippen MR) is 85.8 cm³/mol. The molecule has 5 nitrogen and oxygen atoms in total. The van der Waals surface area contributed by atoms with Crippen molar-refractivity contribution in [2.24, 2.45) is 0 Å². The molecule has 0 unspecified atom stereocenters. The molecule has 2 atom stereocenters. The van der Waals surface area contributed by atoms with Gasteiger partial charge in [-0.25, -0.2) is 8.78 Å². The Bertz CT molecular complexity index is 824. The van der Waals surface area contributed by atoms with Gasteiger partial charge in [-0.15, -0.1) is 0 Å². The van der Waals surface area contributed by atoms with Gasteiger partial charge in [0.15, 0.2) is 0 Å². The molecule has 25 heavy (non-hydrogen) atoms. The summed E-state index contributed by atoms with van der Waals surface area (Å²) in [5, 5.41) is 11.9. The van der Waals surface area contributed by atoms with Crippen LogP contribution in [0.4, 0.5) is 8.78 Å². The first-order valence-electron chi connectivity index (χ1n) is 7.67. The van der Waals surface area contributed by atoms with E-state index in [2.05, 4.69) is 5.32 Å². The molecular formula is C18H16F2N2O3. The minimum absolute atomic E-state index is 0.0595. The molecule has 2 aromatic carbocycles. The minimum Gasteiger partial charge on any atom is -0.508 e. The molecule has 1 fully saturated rings. The van der Waals surface area contributed by atoms with Crippen molar-refractivity contribution in [1.82, 2.24) is 10.2 Å². The zero-order valence-electron chi connectivity index (χ0n) is 13.4. The van der Waals surface area contributed by atoms with E-state index in [9.17, 15) is 23.5 Å². The highest BCUT2D eigenvalue weighted by Gasteiger charge is 2.39. The number of phenols is 1. The molecule has 3 rings (SSSR count). The monoisotopic (exact) mass is 346 g/mol. The van der Waals surface area contributed by atoms with E-state index >= 15 is 0 Å². The Balaban J connectivity index is 1.85. The normalized spacial score (nSPS) is 20.0. The standard InChI is InChI=1S/C18H16F2N2O3/c1-22-16(24)9-15(17(22)10-2-4-11(19)5-3-10)21-18(25)13-7-6-12(23)8-14(13)20/h2-8,15,17,23H,9H2,1H3,(H,21,25)/t15-,17+/m0/s1. The maximum Gasteiger partial charge on any atom is 0.254 e. The number of likely N-dealkylation sites (tertiary alicyclic amines) is 1. The second-order valence-electron chi connectivity index (χ2n) is 5.95. The third kappa shape index (κ3) is 3.31. The van der Waals surface area contributed by atoms with E-state index in [4.69, 9.17) is 0 Å². The minimum atomic E-state index is -0.853. The van der Waals surface area contributed by atoms with E-state index < -0.39 is 29.6 Å². The number of nitrogens with one attached hydrogen (secondary N) is 1. The predicted octanol–water partition coefficient (Wildman–Crippen LogP) is 2.37. The van der Waals surface area contributed by atoms with Gasteiger partial charge in [-0.3, -0.25) is 9.59 Å². The van der Waals surface area contributed by atoms with Gasteiger partial charge in [0.1, 0.15) is 17.4 Å². The van der Waals surface area contributed by atoms with E-state index in [0.717, 1.165) is 6.07 Å². The highest BCUT2D eigenvalue weighted by Crippen LogP contribution is 2.32. The molecular weight excluding hydrogens is 330 g/mol. The average Bonchev–Trinajstić information content (AvgIpc) is 2.82. The fourth-order valence-electron chi connectivity index (χ4n) is 3.05. The van der Waals surface area contributed by atoms with Crippen LogP contribution in [0, 0.1) is 11.6 Å². The number of rotatable bonds is 3. The van der Waals surface area contributed by atoms with Crippen LogP contribution in [-0.4, -0.2) is 34.9 Å². The average molecular weight is 346 g/mol. The highest BCUT2D eigenvalue weighted by atomic mass is 19.1. The van der Waals surface area contributed by atoms with E-state index in [0.29, 0.717) is 5.56 Å². The van der Waals surface area contributed by atoms with Crippen LogP contribution in [0.1, 0.15) is 28.4 Å². The lowest BCUT2D eigenvalue weighted by Gasteiger charge is -2.26. The zero-order chi connectivity index (χ0) is 18.1. The van der Waals surface area contributed by atoms with Crippen molar-refractivity contribution in [3.8, 4) is 5.75 Å². The van der Waals surface area contributed by atoms with E-state index in [-0.39, 0.29) is 23.6 Å². The zero-order valence-corrected chi connectivity index (χ0v) is 13.4. The van der Waals surface area contributed by atoms with E-state index in [1.165, 1.54) is 29.2 Å². The van der Waals surface area contributed by atoms with Gasteiger partial charge in [0, 0.05) is 19.5 Å². The number of hydrogen-bond acceptors (Lipinski definition) is 3. The number of carbonyl (C=O) groups is 2. The lowest BCUT2D eigenvalue weighted by molar-refractivity contribution is -0.127. The molecule has 1 heterocycles. The maximum absolute atomic E-state index is 13.9. The molecule has 0 aliphatic carbocycles. The van der Waals surface area contributed by atoms with Crippen LogP contribution in [0.15, 0.2) is 42.5 Å². The molecule has 0 aromatic heterocycles. The van der Waals surface area contributed by atoms with Crippen LogP contribution in [0.2, 0.25) is 0 Å². The van der Waals surface area contributed by atoms with Crippen molar-refractivity contribution in [2.75, 3.05) is 7.05 Å². The van der Waals surface area contributed by atoms with Crippen molar-refractivity contribution in [1.29, 1.82) is 0 Å². The molecule has 1 saturated heterocycles. The molecule has 1 aliphatic heterocycles. The molecule has 2 aromatic rings. The summed E-state index contributed by atoms with van der Waals surface area (Å²) in [5.41, 5.74) is 0.448. The first kappa shape index (κ1) is 16.9. The van der Waals surface area contributed by atoms with Crippen LogP contribution in [0.3, 0.4) is 0 Å². The summed E-state index contributed by atoms with van der Waals surface area (Å²) in [6.45, 7) is 0. The first-order chi connectivity index (χ1) is 11.9. The Labute approximate surface area is 142 Å². The largest absolute Gasteiger partial charge is 0.508 e. The van der Waals surface area contributed by atoms with Crippen molar-refractivity contribution in [3.05, 3.63) is 65.2 Å². The molecule has 2 amide bonds. The van der Waals surface area contributed by atoms with E-state index in [1.54, 1.807) is 19.2 Å². The van der Waals surface area contributed by atoms with Crippen molar-refractivity contribution in [3.63, 3.8) is 0 Å². The van der Waals surface area contributed by atoms with Gasteiger partial charge >= 0.3 is 0 Å². The van der Waals surface area contributed by atoms with Crippen LogP contribution in [-0.2, 0) is 4.79 Å². The van der Waals surface area contributed by atoms with Gasteiger partial charge in [0.05, 0.1) is 17.6 Å². The molecule has 0 bridgehead atoms. The number of phenolic OH excluding ortho intramolecular Hbond substituents is 1. The number of nitrogens with zero attached hydrogens (tertiary/aromatic N) is 1. The summed E-state index contributed by atoms with van der Waals surface area (Å²) in [6.07, 6.45) is 0.0595. The van der Waals surface area contributed by atoms with Gasteiger partial charge in [0.2, 0.25) is 5.91 Å². The van der Waals surface area contributed by atoms with Gasteiger partial charge in [-0.05, 0) is 29.8 Å². The number of aromatic hydroxyl groups is 1. The number of hydrogen-bond donors (Lipinski definition) is 2. The number of halogens is 2. The van der Waals surface area contributed by atoms with Crippen LogP contribution in [0.5, 0.6) is 5.75 Å². The van der Waals surface area contributed by atoms with Gasteiger partial charge in [-0.2, -0.15) is 0 Å². The fourth-order valence-corrected chi connectivity index (χ4v) is 3.05. The molecule has 130 valence electrons. The molecule has 1 aliphatic rings. The van der Waals surface area contributed by atoms with Crippen LogP contribution < -0.4 is 5.32 Å². The molecule has 0 spiro atoms. The Morgan fingerprint density at radius 2 is 1.88 bits per heavy atom. The topological polar surface area (TPSA) is 69.6 Å². The third-order valence-electron chi connectivity index (χ3n) is 4.31. The molecule has 2 N–H and O–H groups in total. The van der Waals surface area contributed by atoms with Crippen LogP contribution in [0.25, 0.3) is 0 Å². The molecule has 7 heteroatoms. The summed E-state index contributed by atoms with van der Waals surface area (Å²) in [7, 11) is 1.60. The highest BCUT2D eigenvalue weighted by molar-refractivity contribution is 5.95. The lowest BCUT2D eigenvalue weighted by Crippen LogP contribution is -2.39. The Morgan fingerprint density at radius 1 is 1.20 bits per heavy atom. The van der Waals surface area contributed by atoms with E-state index in [1.807, 2.05) is 0 Å². The first-order valence-corrected chi connectivity index (χ1v) is 7.67. The smallest absolute Gasteiger partial charge is 0.254 e. The fraction of sp³-hybridized carbons (Fsp3) is 0.222. The second-order valence-corrected chi connectivity index (χ2v) is 5.95. The summed E-state index contributed by atoms with van der Waals surface area (Å²) in [5.74, 6) is -2.39. The third-order valence-corrected chi connectivity index (χ3v) is 4.31. The lowest BCUT2D eigenvalue weighted by atomic mass is 9.99. The number of amides is 2. The number of carbonyl (C=O) groups excluding carboxylic acids is 2. The summed E-state index contributed by atoms with van der Waals surface area (Å²) >= 11 is 0. The Hall–Kier alpha value is -2.96.